The van der Waals surface area contributed by atoms with Crippen molar-refractivity contribution in [2.24, 2.45) is 0 Å². The first-order chi connectivity index (χ1) is 18.9. The van der Waals surface area contributed by atoms with E-state index in [4.69, 9.17) is 16.0 Å². The maximum atomic E-state index is 13.2. The van der Waals surface area contributed by atoms with Crippen molar-refractivity contribution in [2.75, 3.05) is 10.6 Å². The lowest BCUT2D eigenvalue weighted by Crippen LogP contribution is -2.30. The third-order valence-corrected chi connectivity index (χ3v) is 6.95. The molecule has 0 aliphatic rings. The molecule has 3 N–H and O–H groups in total. The van der Waals surface area contributed by atoms with Gasteiger partial charge in [-0.1, -0.05) is 42.8 Å². The van der Waals surface area contributed by atoms with Crippen LogP contribution in [0.5, 0.6) is 0 Å². The van der Waals surface area contributed by atoms with Gasteiger partial charge in [0.15, 0.2) is 0 Å². The van der Waals surface area contributed by atoms with Gasteiger partial charge in [-0.15, -0.1) is 11.8 Å². The SMILES string of the molecule is CCC(Sc1cccc(NC(=O)/C(=C/c2ccco2)NC(=O)c2ccccc2)c1)C(=O)Nc1ccc(Cl)cn1. The molecule has 39 heavy (non-hydrogen) atoms. The van der Waals surface area contributed by atoms with Crippen LogP contribution in [0.15, 0.2) is 106 Å². The number of pyridine rings is 1. The second-order valence-electron chi connectivity index (χ2n) is 8.24. The van der Waals surface area contributed by atoms with Crippen LogP contribution in [-0.4, -0.2) is 28.0 Å². The molecule has 198 valence electrons. The Morgan fingerprint density at radius 1 is 1.00 bits per heavy atom. The molecule has 0 aliphatic carbocycles. The van der Waals surface area contributed by atoms with Gasteiger partial charge in [0.1, 0.15) is 17.3 Å². The normalized spacial score (nSPS) is 11.9. The quantitative estimate of drug-likeness (QED) is 0.156. The number of benzene rings is 2. The summed E-state index contributed by atoms with van der Waals surface area (Å²) in [6.07, 6.45) is 4.97. The van der Waals surface area contributed by atoms with Gasteiger partial charge in [0, 0.05) is 28.4 Å². The topological polar surface area (TPSA) is 113 Å². The van der Waals surface area contributed by atoms with E-state index in [-0.39, 0.29) is 11.6 Å². The van der Waals surface area contributed by atoms with Crippen molar-refractivity contribution in [1.29, 1.82) is 0 Å². The zero-order valence-electron chi connectivity index (χ0n) is 20.9. The standard InChI is InChI=1S/C29H25ClN4O4S/c1-2-25(29(37)34-26-14-13-20(30)18-31-26)39-23-12-6-10-21(16-23)32-28(36)24(17-22-11-7-15-38-22)33-27(35)19-8-4-3-5-9-19/h3-18,25H,2H2,1H3,(H,32,36)(H,33,35)(H,31,34,37)/b24-17-. The van der Waals surface area contributed by atoms with Gasteiger partial charge < -0.3 is 20.4 Å². The number of hydrogen-bond acceptors (Lipinski definition) is 6. The van der Waals surface area contributed by atoms with E-state index in [0.717, 1.165) is 4.90 Å². The number of furan rings is 1. The third kappa shape index (κ3) is 8.07. The molecule has 3 amide bonds. The highest BCUT2D eigenvalue weighted by Crippen LogP contribution is 2.28. The van der Waals surface area contributed by atoms with Crippen LogP contribution < -0.4 is 16.0 Å². The van der Waals surface area contributed by atoms with Gasteiger partial charge in [0.05, 0.1) is 16.5 Å². The van der Waals surface area contributed by atoms with Crippen LogP contribution in [0.25, 0.3) is 6.08 Å². The van der Waals surface area contributed by atoms with Crippen LogP contribution in [-0.2, 0) is 9.59 Å². The molecule has 2 aromatic heterocycles. The molecular formula is C29H25ClN4O4S. The van der Waals surface area contributed by atoms with Crippen LogP contribution >= 0.6 is 23.4 Å². The Kier molecular flexibility index (Phi) is 9.55. The number of anilines is 2. The fourth-order valence-electron chi connectivity index (χ4n) is 3.45. The molecule has 0 saturated carbocycles. The molecule has 0 saturated heterocycles. The monoisotopic (exact) mass is 560 g/mol. The lowest BCUT2D eigenvalue weighted by molar-refractivity contribution is -0.116. The number of halogens is 1. The number of nitrogens with one attached hydrogen (secondary N) is 3. The van der Waals surface area contributed by atoms with E-state index in [1.54, 1.807) is 72.8 Å². The molecule has 10 heteroatoms. The summed E-state index contributed by atoms with van der Waals surface area (Å²) in [6.45, 7) is 1.92. The number of thioether (sulfide) groups is 1. The third-order valence-electron chi connectivity index (χ3n) is 5.37. The Bertz CT molecular complexity index is 1460. The first-order valence-corrected chi connectivity index (χ1v) is 13.3. The average molecular weight is 561 g/mol. The lowest BCUT2D eigenvalue weighted by Gasteiger charge is -2.15. The summed E-state index contributed by atoms with van der Waals surface area (Å²) in [6, 6.07) is 22.4. The van der Waals surface area contributed by atoms with Crippen molar-refractivity contribution in [3.8, 4) is 0 Å². The second kappa shape index (κ2) is 13.5. The van der Waals surface area contributed by atoms with E-state index < -0.39 is 17.1 Å². The van der Waals surface area contributed by atoms with Crippen LogP contribution in [0.3, 0.4) is 0 Å². The van der Waals surface area contributed by atoms with Gasteiger partial charge in [-0.25, -0.2) is 4.98 Å². The van der Waals surface area contributed by atoms with Crippen LogP contribution in [0.4, 0.5) is 11.5 Å². The van der Waals surface area contributed by atoms with Crippen LogP contribution in [0.1, 0.15) is 29.5 Å². The van der Waals surface area contributed by atoms with Crippen molar-refractivity contribution in [1.82, 2.24) is 10.3 Å². The highest BCUT2D eigenvalue weighted by atomic mass is 35.5. The number of nitrogens with zero attached hydrogens (tertiary/aromatic N) is 1. The van der Waals surface area contributed by atoms with Crippen molar-refractivity contribution in [3.05, 3.63) is 113 Å². The molecule has 2 aromatic carbocycles. The van der Waals surface area contributed by atoms with Gasteiger partial charge in [0.25, 0.3) is 11.8 Å². The minimum Gasteiger partial charge on any atom is -0.465 e. The summed E-state index contributed by atoms with van der Waals surface area (Å²) in [5, 5.41) is 8.37. The van der Waals surface area contributed by atoms with E-state index in [0.29, 0.717) is 34.3 Å². The molecule has 0 spiro atoms. The summed E-state index contributed by atoms with van der Waals surface area (Å²) >= 11 is 7.23. The average Bonchev–Trinajstić information content (AvgIpc) is 3.46. The fraction of sp³-hybridized carbons (Fsp3) is 0.103. The smallest absolute Gasteiger partial charge is 0.272 e. The van der Waals surface area contributed by atoms with E-state index in [1.807, 2.05) is 13.0 Å². The number of carbonyl (C=O) groups excluding carboxylic acids is 3. The molecule has 0 radical (unpaired) electrons. The Morgan fingerprint density at radius 2 is 1.82 bits per heavy atom. The summed E-state index contributed by atoms with van der Waals surface area (Å²) < 4.78 is 5.34. The van der Waals surface area contributed by atoms with Crippen molar-refractivity contribution in [2.45, 2.75) is 23.5 Å². The lowest BCUT2D eigenvalue weighted by atomic mass is 10.2. The summed E-state index contributed by atoms with van der Waals surface area (Å²) in [5.41, 5.74) is 0.920. The van der Waals surface area contributed by atoms with E-state index in [2.05, 4.69) is 20.9 Å². The predicted molar refractivity (Wildman–Crippen MR) is 153 cm³/mol. The largest absolute Gasteiger partial charge is 0.465 e. The first kappa shape index (κ1) is 27.7. The Balaban J connectivity index is 1.46. The molecule has 4 rings (SSSR count). The van der Waals surface area contributed by atoms with Gasteiger partial charge >= 0.3 is 0 Å². The Hall–Kier alpha value is -4.34. The number of carbonyl (C=O) groups is 3. The van der Waals surface area contributed by atoms with E-state index >= 15 is 0 Å². The van der Waals surface area contributed by atoms with Gasteiger partial charge in [0.2, 0.25) is 5.91 Å². The molecule has 1 unspecified atom stereocenters. The Morgan fingerprint density at radius 3 is 2.51 bits per heavy atom. The number of hydrogen-bond donors (Lipinski definition) is 3. The Labute approximate surface area is 234 Å². The highest BCUT2D eigenvalue weighted by molar-refractivity contribution is 8.00. The van der Waals surface area contributed by atoms with E-state index in [9.17, 15) is 14.4 Å². The number of amides is 3. The van der Waals surface area contributed by atoms with Crippen LogP contribution in [0, 0.1) is 0 Å². The zero-order chi connectivity index (χ0) is 27.6. The molecule has 0 aliphatic heterocycles. The molecule has 4 aromatic rings. The molecule has 0 bridgehead atoms. The second-order valence-corrected chi connectivity index (χ2v) is 9.95. The number of aromatic nitrogens is 1. The van der Waals surface area contributed by atoms with E-state index in [1.165, 1.54) is 30.3 Å². The molecule has 2 heterocycles. The van der Waals surface area contributed by atoms with Crippen molar-refractivity contribution >= 4 is 58.7 Å². The summed E-state index contributed by atoms with van der Waals surface area (Å²) in [4.78, 5) is 43.7. The van der Waals surface area contributed by atoms with Crippen LogP contribution in [0.2, 0.25) is 5.02 Å². The van der Waals surface area contributed by atoms with Gasteiger partial charge in [-0.2, -0.15) is 0 Å². The minimum absolute atomic E-state index is 0.0122. The zero-order valence-corrected chi connectivity index (χ0v) is 22.5. The maximum absolute atomic E-state index is 13.2. The summed E-state index contributed by atoms with van der Waals surface area (Å²) in [7, 11) is 0. The first-order valence-electron chi connectivity index (χ1n) is 12.0. The fourth-order valence-corrected chi connectivity index (χ4v) is 4.57. The highest BCUT2D eigenvalue weighted by Gasteiger charge is 2.20. The maximum Gasteiger partial charge on any atom is 0.272 e. The predicted octanol–water partition coefficient (Wildman–Crippen LogP) is 6.25. The van der Waals surface area contributed by atoms with Gasteiger partial charge in [-0.05, 0) is 61.0 Å². The minimum atomic E-state index is -0.531. The molecule has 0 fully saturated rings. The van der Waals surface area contributed by atoms with Crippen molar-refractivity contribution < 1.29 is 18.8 Å². The van der Waals surface area contributed by atoms with Gasteiger partial charge in [-0.3, -0.25) is 14.4 Å². The molecule has 8 nitrogen and oxygen atoms in total. The number of rotatable bonds is 10. The summed E-state index contributed by atoms with van der Waals surface area (Å²) in [5.74, 6) is -0.335. The van der Waals surface area contributed by atoms with Crippen molar-refractivity contribution in [3.63, 3.8) is 0 Å². The molecule has 1 atom stereocenters. The molecular weight excluding hydrogens is 536 g/mol.